The van der Waals surface area contributed by atoms with E-state index in [-0.39, 0.29) is 28.9 Å². The lowest BCUT2D eigenvalue weighted by atomic mass is 9.91. The van der Waals surface area contributed by atoms with Gasteiger partial charge in [0.2, 0.25) is 23.2 Å². The number of ketones is 2. The molecular weight excluding hydrogens is 280 g/mol. The molecule has 22 heavy (non-hydrogen) atoms. The molecule has 0 aliphatic heterocycles. The number of allylic oxidation sites excluding steroid dienone is 4. The van der Waals surface area contributed by atoms with Gasteiger partial charge in [0.15, 0.2) is 5.69 Å². The van der Waals surface area contributed by atoms with E-state index >= 15 is 0 Å². The Morgan fingerprint density at radius 3 is 2.50 bits per heavy atom. The molecule has 1 heterocycles. The summed E-state index contributed by atoms with van der Waals surface area (Å²) in [4.78, 5) is 29.0. The van der Waals surface area contributed by atoms with Crippen molar-refractivity contribution in [3.63, 3.8) is 0 Å². The monoisotopic (exact) mass is 292 g/mol. The quantitative estimate of drug-likeness (QED) is 0.594. The Morgan fingerprint density at radius 2 is 1.86 bits per heavy atom. The van der Waals surface area contributed by atoms with Crippen LogP contribution in [0.15, 0.2) is 46.9 Å². The van der Waals surface area contributed by atoms with Crippen molar-refractivity contribution in [2.24, 2.45) is 0 Å². The highest BCUT2D eigenvalue weighted by molar-refractivity contribution is 6.26. The predicted octanol–water partition coefficient (Wildman–Crippen LogP) is 3.06. The maximum Gasteiger partial charge on any atom is 0.231 e. The first-order chi connectivity index (χ1) is 10.7. The van der Waals surface area contributed by atoms with Gasteiger partial charge in [-0.3, -0.25) is 9.59 Å². The number of hydrogen-bond acceptors (Lipinski definition) is 5. The van der Waals surface area contributed by atoms with Gasteiger partial charge in [0.1, 0.15) is 0 Å². The Kier molecular flexibility index (Phi) is 3.39. The Labute approximate surface area is 126 Å². The first-order valence-corrected chi connectivity index (χ1v) is 6.70. The molecule has 0 fully saturated rings. The summed E-state index contributed by atoms with van der Waals surface area (Å²) < 4.78 is 5.51. The van der Waals surface area contributed by atoms with Gasteiger partial charge in [-0.2, -0.15) is 0 Å². The predicted molar refractivity (Wildman–Crippen MR) is 81.4 cm³/mol. The molecule has 3 rings (SSSR count). The molecule has 1 aliphatic carbocycles. The van der Waals surface area contributed by atoms with Gasteiger partial charge in [-0.25, -0.2) is 4.98 Å². The van der Waals surface area contributed by atoms with Crippen molar-refractivity contribution in [2.75, 3.05) is 0 Å². The number of rotatable bonds is 3. The lowest BCUT2D eigenvalue weighted by Crippen LogP contribution is -2.19. The highest BCUT2D eigenvalue weighted by Gasteiger charge is 2.35. The summed E-state index contributed by atoms with van der Waals surface area (Å²) in [6, 6.07) is 6.61. The van der Waals surface area contributed by atoms with Crippen LogP contribution in [0.4, 0.5) is 0 Å². The van der Waals surface area contributed by atoms with Crippen LogP contribution in [0, 0.1) is 5.41 Å². The van der Waals surface area contributed by atoms with Crippen molar-refractivity contribution in [1.82, 2.24) is 4.98 Å². The number of nitrogens with one attached hydrogen (secondary N) is 1. The zero-order valence-corrected chi connectivity index (χ0v) is 11.8. The summed E-state index contributed by atoms with van der Waals surface area (Å²) in [5.74, 6) is -0.561. The molecule has 0 amide bonds. The number of hydrogen-bond donors (Lipinski definition) is 1. The average molecular weight is 292 g/mol. The minimum Gasteiger partial charge on any atom is -0.432 e. The normalized spacial score (nSPS) is 14.1. The highest BCUT2D eigenvalue weighted by atomic mass is 16.4. The van der Waals surface area contributed by atoms with Crippen LogP contribution >= 0.6 is 0 Å². The summed E-state index contributed by atoms with van der Waals surface area (Å²) in [6.07, 6.45) is 6.04. The van der Waals surface area contributed by atoms with E-state index in [1.165, 1.54) is 6.08 Å². The van der Waals surface area contributed by atoms with Gasteiger partial charge in [-0.05, 0) is 13.0 Å². The third-order valence-corrected chi connectivity index (χ3v) is 3.32. The van der Waals surface area contributed by atoms with E-state index in [0.29, 0.717) is 16.7 Å². The van der Waals surface area contributed by atoms with Crippen LogP contribution in [0.5, 0.6) is 0 Å². The van der Waals surface area contributed by atoms with Gasteiger partial charge < -0.3 is 9.83 Å². The van der Waals surface area contributed by atoms with E-state index in [2.05, 4.69) is 4.98 Å². The van der Waals surface area contributed by atoms with Crippen LogP contribution < -0.4 is 0 Å². The molecule has 108 valence electrons. The molecule has 0 unspecified atom stereocenters. The van der Waals surface area contributed by atoms with Gasteiger partial charge in [0, 0.05) is 22.9 Å². The van der Waals surface area contributed by atoms with E-state index in [0.717, 1.165) is 6.21 Å². The van der Waals surface area contributed by atoms with Crippen molar-refractivity contribution in [1.29, 1.82) is 5.41 Å². The third-order valence-electron chi connectivity index (χ3n) is 3.32. The molecule has 1 aliphatic rings. The largest absolute Gasteiger partial charge is 0.432 e. The van der Waals surface area contributed by atoms with Gasteiger partial charge >= 0.3 is 0 Å². The number of benzene rings is 1. The van der Waals surface area contributed by atoms with Crippen molar-refractivity contribution in [2.45, 2.75) is 6.92 Å². The second-order valence-corrected chi connectivity index (χ2v) is 4.69. The van der Waals surface area contributed by atoms with E-state index < -0.39 is 0 Å². The number of nitrogens with zero attached hydrogens (tertiary/aromatic N) is 1. The number of carbonyl (C=O) groups excluding carboxylic acids is 2. The van der Waals surface area contributed by atoms with E-state index in [9.17, 15) is 9.59 Å². The van der Waals surface area contributed by atoms with Crippen molar-refractivity contribution < 1.29 is 14.0 Å². The standard InChI is InChI=1S/C17H12N2O3/c1-2-5-10(8-9-18)17-19-13-14(20)11-6-3-4-7-12(11)15(21)16(13)22-17/h2-9,18H,1H3/b5-2-,10-8+,18-9?. The second-order valence-electron chi connectivity index (χ2n) is 4.69. The molecule has 0 saturated carbocycles. The highest BCUT2D eigenvalue weighted by Crippen LogP contribution is 2.29. The minimum absolute atomic E-state index is 0.0269. The molecule has 0 spiro atoms. The van der Waals surface area contributed by atoms with E-state index in [4.69, 9.17) is 9.83 Å². The molecule has 0 bridgehead atoms. The molecule has 0 atom stereocenters. The lowest BCUT2D eigenvalue weighted by molar-refractivity contribution is 0.0958. The first-order valence-electron chi connectivity index (χ1n) is 6.70. The smallest absolute Gasteiger partial charge is 0.231 e. The summed E-state index contributed by atoms with van der Waals surface area (Å²) >= 11 is 0. The van der Waals surface area contributed by atoms with Crippen LogP contribution in [0.25, 0.3) is 5.57 Å². The number of fused-ring (bicyclic) bond motifs is 2. The molecule has 2 aromatic rings. The Morgan fingerprint density at radius 1 is 1.18 bits per heavy atom. The fraction of sp³-hybridized carbons (Fsp3) is 0.0588. The van der Waals surface area contributed by atoms with Gasteiger partial charge in [0.25, 0.3) is 0 Å². The van der Waals surface area contributed by atoms with Crippen LogP contribution in [0.2, 0.25) is 0 Å². The van der Waals surface area contributed by atoms with Gasteiger partial charge in [0.05, 0.1) is 0 Å². The van der Waals surface area contributed by atoms with Crippen LogP contribution in [0.1, 0.15) is 45.0 Å². The van der Waals surface area contributed by atoms with Crippen LogP contribution in [0.3, 0.4) is 0 Å². The number of aromatic nitrogens is 1. The Bertz CT molecular complexity index is 804. The first kappa shape index (κ1) is 13.9. The Balaban J connectivity index is 2.17. The zero-order chi connectivity index (χ0) is 15.7. The molecule has 5 nitrogen and oxygen atoms in total. The van der Waals surface area contributed by atoms with Gasteiger partial charge in [-0.1, -0.05) is 36.4 Å². The molecular formula is C17H12N2O3. The minimum atomic E-state index is -0.348. The summed E-state index contributed by atoms with van der Waals surface area (Å²) in [6.45, 7) is 1.81. The summed E-state index contributed by atoms with van der Waals surface area (Å²) in [5.41, 5.74) is 1.21. The number of oxazole rings is 1. The van der Waals surface area contributed by atoms with Crippen molar-refractivity contribution >= 4 is 23.4 Å². The fourth-order valence-electron chi connectivity index (χ4n) is 2.35. The molecule has 1 aromatic carbocycles. The fourth-order valence-corrected chi connectivity index (χ4v) is 2.35. The van der Waals surface area contributed by atoms with E-state index in [1.807, 2.05) is 6.92 Å². The molecule has 0 radical (unpaired) electrons. The van der Waals surface area contributed by atoms with Crippen LogP contribution in [-0.4, -0.2) is 22.8 Å². The van der Waals surface area contributed by atoms with Crippen LogP contribution in [-0.2, 0) is 0 Å². The molecule has 5 heteroatoms. The zero-order valence-electron chi connectivity index (χ0n) is 11.8. The average Bonchev–Trinajstić information content (AvgIpc) is 2.98. The van der Waals surface area contributed by atoms with Crippen molar-refractivity contribution in [3.05, 3.63) is 71.0 Å². The van der Waals surface area contributed by atoms with E-state index in [1.54, 1.807) is 36.4 Å². The Hall–Kier alpha value is -3.08. The lowest BCUT2D eigenvalue weighted by Gasteiger charge is -2.10. The summed E-state index contributed by atoms with van der Waals surface area (Å²) in [5, 5.41) is 7.17. The molecule has 1 aromatic heterocycles. The molecule has 0 saturated heterocycles. The second kappa shape index (κ2) is 5.37. The maximum absolute atomic E-state index is 12.4. The molecule has 1 N–H and O–H groups in total. The van der Waals surface area contributed by atoms with Gasteiger partial charge in [-0.15, -0.1) is 0 Å². The third kappa shape index (κ3) is 2.03. The number of carbonyl (C=O) groups is 2. The summed E-state index contributed by atoms with van der Waals surface area (Å²) in [7, 11) is 0. The topological polar surface area (TPSA) is 84.0 Å². The SMILES string of the molecule is C/C=C\C(=C/C=N)c1nc2c(o1)C(=O)c1ccccc1C2=O. The van der Waals surface area contributed by atoms with Crippen molar-refractivity contribution in [3.8, 4) is 0 Å². The maximum atomic E-state index is 12.4.